The van der Waals surface area contributed by atoms with Crippen LogP contribution in [0.3, 0.4) is 0 Å². The standard InChI is InChI=1S/C7H13NOTe/c1-5-6(10-4)7(9)8(2)3/h5-6H,1H2,2-4H3. The van der Waals surface area contributed by atoms with Crippen molar-refractivity contribution in [3.63, 3.8) is 0 Å². The van der Waals surface area contributed by atoms with Gasteiger partial charge in [-0.2, -0.15) is 0 Å². The van der Waals surface area contributed by atoms with Crippen LogP contribution in [0.15, 0.2) is 12.7 Å². The van der Waals surface area contributed by atoms with Crippen LogP contribution in [-0.2, 0) is 4.79 Å². The first-order chi connectivity index (χ1) is 4.63. The molecule has 0 saturated heterocycles. The molecular weight excluding hydrogens is 242 g/mol. The minimum atomic E-state index is -0.201. The van der Waals surface area contributed by atoms with Gasteiger partial charge in [0, 0.05) is 0 Å². The zero-order chi connectivity index (χ0) is 8.15. The van der Waals surface area contributed by atoms with Crippen LogP contribution in [0, 0.1) is 0 Å². The molecule has 0 spiro atoms. The average Bonchev–Trinajstić information content (AvgIpc) is 1.90. The van der Waals surface area contributed by atoms with Crippen molar-refractivity contribution < 1.29 is 4.79 Å². The second-order valence-corrected chi connectivity index (χ2v) is 4.92. The number of hydrogen-bond acceptors (Lipinski definition) is 1. The minimum absolute atomic E-state index is 0.125. The molecule has 0 heterocycles. The van der Waals surface area contributed by atoms with Gasteiger partial charge in [-0.15, -0.1) is 0 Å². The van der Waals surface area contributed by atoms with E-state index in [4.69, 9.17) is 0 Å². The molecule has 0 bridgehead atoms. The molecule has 1 atom stereocenters. The van der Waals surface area contributed by atoms with Crippen LogP contribution in [0.5, 0.6) is 0 Å². The van der Waals surface area contributed by atoms with E-state index in [9.17, 15) is 4.79 Å². The second-order valence-electron chi connectivity index (χ2n) is 2.12. The number of rotatable bonds is 3. The molecule has 0 aliphatic carbocycles. The Morgan fingerprint density at radius 1 is 1.70 bits per heavy atom. The van der Waals surface area contributed by atoms with Crippen molar-refractivity contribution >= 4 is 26.8 Å². The molecule has 0 aliphatic rings. The van der Waals surface area contributed by atoms with Crippen LogP contribution in [0.4, 0.5) is 0 Å². The summed E-state index contributed by atoms with van der Waals surface area (Å²) in [5.41, 5.74) is 0. The molecule has 58 valence electrons. The van der Waals surface area contributed by atoms with Crippen LogP contribution in [0.2, 0.25) is 8.94 Å². The molecule has 1 unspecified atom stereocenters. The van der Waals surface area contributed by atoms with E-state index >= 15 is 0 Å². The molecule has 3 heteroatoms. The van der Waals surface area contributed by atoms with Gasteiger partial charge in [-0.3, -0.25) is 0 Å². The summed E-state index contributed by atoms with van der Waals surface area (Å²) < 4.78 is 0.125. The van der Waals surface area contributed by atoms with Crippen LogP contribution >= 0.6 is 0 Å². The molecule has 0 N–H and O–H groups in total. The summed E-state index contributed by atoms with van der Waals surface area (Å²) in [6.45, 7) is 3.62. The Bertz CT molecular complexity index is 134. The van der Waals surface area contributed by atoms with Crippen LogP contribution in [0.25, 0.3) is 0 Å². The molecule has 1 amide bonds. The maximum absolute atomic E-state index is 11.2. The number of carbonyl (C=O) groups is 1. The molecule has 0 rings (SSSR count). The van der Waals surface area contributed by atoms with Crippen LogP contribution in [0.1, 0.15) is 0 Å². The molecular formula is C7H13NOTe. The summed E-state index contributed by atoms with van der Waals surface area (Å²) in [4.78, 5) is 14.9. The zero-order valence-corrected chi connectivity index (χ0v) is 8.96. The molecule has 0 radical (unpaired) electrons. The number of nitrogens with zero attached hydrogens (tertiary/aromatic N) is 1. The Hall–Kier alpha value is -0.000390. The molecule has 0 saturated carbocycles. The summed E-state index contributed by atoms with van der Waals surface area (Å²) in [7, 11) is 3.56. The van der Waals surface area contributed by atoms with Crippen LogP contribution < -0.4 is 0 Å². The maximum atomic E-state index is 11.2. The monoisotopic (exact) mass is 257 g/mol. The van der Waals surface area contributed by atoms with E-state index in [1.165, 1.54) is 0 Å². The molecule has 0 aromatic carbocycles. The summed E-state index contributed by atoms with van der Waals surface area (Å²) >= 11 is -0.201. The van der Waals surface area contributed by atoms with Gasteiger partial charge in [0.1, 0.15) is 0 Å². The van der Waals surface area contributed by atoms with E-state index in [2.05, 4.69) is 11.6 Å². The number of carbonyl (C=O) groups excluding carboxylic acids is 1. The van der Waals surface area contributed by atoms with Gasteiger partial charge in [-0.1, -0.05) is 0 Å². The van der Waals surface area contributed by atoms with Gasteiger partial charge in [0.15, 0.2) is 0 Å². The third-order valence-electron chi connectivity index (χ3n) is 1.15. The Morgan fingerprint density at radius 3 is 2.30 bits per heavy atom. The quantitative estimate of drug-likeness (QED) is 0.539. The van der Waals surface area contributed by atoms with E-state index in [1.807, 2.05) is 0 Å². The average molecular weight is 255 g/mol. The van der Waals surface area contributed by atoms with Gasteiger partial charge in [-0.05, 0) is 0 Å². The molecule has 0 aliphatic heterocycles. The normalized spacial score (nSPS) is 12.3. The second kappa shape index (κ2) is 4.76. The predicted molar refractivity (Wildman–Crippen MR) is 44.3 cm³/mol. The molecule has 2 nitrogen and oxygen atoms in total. The molecule has 0 fully saturated rings. The van der Waals surface area contributed by atoms with E-state index in [-0.39, 0.29) is 30.8 Å². The Morgan fingerprint density at radius 2 is 2.20 bits per heavy atom. The predicted octanol–water partition coefficient (Wildman–Crippen LogP) is 0.801. The number of hydrogen-bond donors (Lipinski definition) is 0. The van der Waals surface area contributed by atoms with Crippen molar-refractivity contribution in [3.8, 4) is 0 Å². The molecule has 0 aromatic heterocycles. The van der Waals surface area contributed by atoms with Gasteiger partial charge < -0.3 is 0 Å². The zero-order valence-electron chi connectivity index (χ0n) is 6.63. The summed E-state index contributed by atoms with van der Waals surface area (Å²) in [5, 5.41) is 0. The van der Waals surface area contributed by atoms with E-state index in [0.717, 1.165) is 0 Å². The van der Waals surface area contributed by atoms with Gasteiger partial charge in [0.05, 0.1) is 0 Å². The topological polar surface area (TPSA) is 20.3 Å². The van der Waals surface area contributed by atoms with Crippen molar-refractivity contribution in [1.82, 2.24) is 4.90 Å². The first kappa shape index (κ1) is 10.00. The van der Waals surface area contributed by atoms with Crippen LogP contribution in [-0.4, -0.2) is 45.8 Å². The third kappa shape index (κ3) is 2.72. The van der Waals surface area contributed by atoms with Crippen molar-refractivity contribution in [2.75, 3.05) is 14.1 Å². The van der Waals surface area contributed by atoms with E-state index in [0.29, 0.717) is 0 Å². The van der Waals surface area contributed by atoms with E-state index < -0.39 is 0 Å². The fourth-order valence-electron chi connectivity index (χ4n) is 0.552. The third-order valence-corrected chi connectivity index (χ3v) is 3.73. The van der Waals surface area contributed by atoms with Crippen molar-refractivity contribution in [2.45, 2.75) is 8.94 Å². The van der Waals surface area contributed by atoms with Gasteiger partial charge in [-0.25, -0.2) is 0 Å². The van der Waals surface area contributed by atoms with Crippen molar-refractivity contribution in [3.05, 3.63) is 12.7 Å². The molecule has 10 heavy (non-hydrogen) atoms. The fraction of sp³-hybridized carbons (Fsp3) is 0.571. The summed E-state index contributed by atoms with van der Waals surface area (Å²) in [6, 6.07) is 0. The molecule has 0 aromatic rings. The van der Waals surface area contributed by atoms with Crippen molar-refractivity contribution in [2.24, 2.45) is 0 Å². The Balaban J connectivity index is 4.02. The summed E-state index contributed by atoms with van der Waals surface area (Å²) in [5.74, 6) is 0.194. The van der Waals surface area contributed by atoms with Gasteiger partial charge >= 0.3 is 72.2 Å². The first-order valence-corrected chi connectivity index (χ1v) is 6.67. The fourth-order valence-corrected chi connectivity index (χ4v) is 2.28. The SMILES string of the molecule is C=CC([Te]C)C(=O)N(C)C. The van der Waals surface area contributed by atoms with E-state index in [1.54, 1.807) is 25.1 Å². The van der Waals surface area contributed by atoms with Gasteiger partial charge in [0.2, 0.25) is 0 Å². The number of amides is 1. The first-order valence-electron chi connectivity index (χ1n) is 3.00. The van der Waals surface area contributed by atoms with Gasteiger partial charge in [0.25, 0.3) is 0 Å². The summed E-state index contributed by atoms with van der Waals surface area (Å²) in [6.07, 6.45) is 1.75. The Labute approximate surface area is 72.4 Å². The Kier molecular flexibility index (Phi) is 4.76. The van der Waals surface area contributed by atoms with Crippen molar-refractivity contribution in [1.29, 1.82) is 0 Å².